The minimum absolute atomic E-state index is 0.180. The van der Waals surface area contributed by atoms with Crippen LogP contribution in [-0.2, 0) is 6.42 Å². The summed E-state index contributed by atoms with van der Waals surface area (Å²) in [6.07, 6.45) is 6.50. The summed E-state index contributed by atoms with van der Waals surface area (Å²) in [5.74, 6) is 0.962. The second-order valence-corrected chi connectivity index (χ2v) is 7.62. The maximum atomic E-state index is 13.1. The summed E-state index contributed by atoms with van der Waals surface area (Å²) in [6.45, 7) is 3.13. The van der Waals surface area contributed by atoms with Crippen LogP contribution in [0, 0.1) is 5.82 Å². The summed E-state index contributed by atoms with van der Waals surface area (Å²) in [7, 11) is 0. The fourth-order valence-corrected chi connectivity index (χ4v) is 4.66. The van der Waals surface area contributed by atoms with Crippen LogP contribution in [0.25, 0.3) is 0 Å². The van der Waals surface area contributed by atoms with Gasteiger partial charge in [-0.3, -0.25) is 0 Å². The topological polar surface area (TPSA) is 12.0 Å². The molecule has 1 atom stereocenters. The zero-order valence-corrected chi connectivity index (χ0v) is 14.4. The smallest absolute Gasteiger partial charge is 0.124 e. The van der Waals surface area contributed by atoms with E-state index in [-0.39, 0.29) is 5.82 Å². The summed E-state index contributed by atoms with van der Waals surface area (Å²) in [6, 6.07) is 5.46. The van der Waals surface area contributed by atoms with Crippen LogP contribution in [0.5, 0.6) is 0 Å². The van der Waals surface area contributed by atoms with Crippen LogP contribution in [0.15, 0.2) is 22.7 Å². The molecule has 0 aliphatic heterocycles. The predicted molar refractivity (Wildman–Crippen MR) is 90.0 cm³/mol. The molecule has 1 aliphatic carbocycles. The molecule has 1 unspecified atom stereocenters. The molecule has 0 amide bonds. The van der Waals surface area contributed by atoms with Gasteiger partial charge in [0.1, 0.15) is 5.82 Å². The molecule has 4 heteroatoms. The summed E-state index contributed by atoms with van der Waals surface area (Å²) < 4.78 is 14.0. The quantitative estimate of drug-likeness (QED) is 0.751. The Morgan fingerprint density at radius 3 is 2.80 bits per heavy atom. The van der Waals surface area contributed by atoms with Crippen LogP contribution in [0.1, 0.15) is 38.2 Å². The van der Waals surface area contributed by atoms with Crippen molar-refractivity contribution < 1.29 is 4.39 Å². The van der Waals surface area contributed by atoms with Crippen molar-refractivity contribution in [3.8, 4) is 0 Å². The maximum Gasteiger partial charge on any atom is 0.124 e. The van der Waals surface area contributed by atoms with E-state index in [1.54, 1.807) is 12.1 Å². The van der Waals surface area contributed by atoms with Crippen LogP contribution in [-0.4, -0.2) is 23.6 Å². The lowest BCUT2D eigenvalue weighted by Crippen LogP contribution is -2.34. The average Bonchev–Trinajstić information content (AvgIpc) is 2.92. The molecule has 20 heavy (non-hydrogen) atoms. The van der Waals surface area contributed by atoms with E-state index in [0.717, 1.165) is 28.4 Å². The number of hydrogen-bond acceptors (Lipinski definition) is 2. The predicted octanol–water partition coefficient (Wildman–Crippen LogP) is 4.78. The van der Waals surface area contributed by atoms with Crippen LogP contribution in [0.2, 0.25) is 0 Å². The van der Waals surface area contributed by atoms with E-state index in [1.165, 1.54) is 31.2 Å². The third kappa shape index (κ3) is 5.05. The van der Waals surface area contributed by atoms with Crippen molar-refractivity contribution in [3.05, 3.63) is 34.1 Å². The van der Waals surface area contributed by atoms with Crippen molar-refractivity contribution in [2.45, 2.75) is 50.3 Å². The van der Waals surface area contributed by atoms with Crippen LogP contribution in [0.4, 0.5) is 4.39 Å². The fraction of sp³-hybridized carbons (Fsp3) is 0.625. The Bertz CT molecular complexity index is 421. The van der Waals surface area contributed by atoms with Crippen LogP contribution >= 0.6 is 27.7 Å². The van der Waals surface area contributed by atoms with Gasteiger partial charge in [-0.05, 0) is 43.5 Å². The van der Waals surface area contributed by atoms with Gasteiger partial charge in [-0.2, -0.15) is 11.8 Å². The number of likely N-dealkylation sites (N-methyl/N-ethyl adjacent to an activating group) is 1. The molecule has 2 rings (SSSR count). The van der Waals surface area contributed by atoms with Gasteiger partial charge in [0.25, 0.3) is 0 Å². The number of hydrogen-bond donors (Lipinski definition) is 1. The molecule has 0 bridgehead atoms. The van der Waals surface area contributed by atoms with E-state index in [0.29, 0.717) is 6.04 Å². The van der Waals surface area contributed by atoms with E-state index < -0.39 is 0 Å². The first kappa shape index (κ1) is 16.3. The largest absolute Gasteiger partial charge is 0.313 e. The number of benzene rings is 1. The van der Waals surface area contributed by atoms with Crippen molar-refractivity contribution in [2.24, 2.45) is 0 Å². The molecule has 0 spiro atoms. The van der Waals surface area contributed by atoms with Gasteiger partial charge in [-0.25, -0.2) is 4.39 Å². The zero-order chi connectivity index (χ0) is 14.4. The molecule has 1 fully saturated rings. The Labute approximate surface area is 134 Å². The summed E-state index contributed by atoms with van der Waals surface area (Å²) in [5.41, 5.74) is 1.18. The van der Waals surface area contributed by atoms with Crippen LogP contribution in [0.3, 0.4) is 0 Å². The van der Waals surface area contributed by atoms with Gasteiger partial charge in [0.05, 0.1) is 0 Å². The first-order chi connectivity index (χ1) is 9.69. The molecule has 1 nitrogen and oxygen atoms in total. The fourth-order valence-electron chi connectivity index (χ4n) is 2.74. The van der Waals surface area contributed by atoms with Gasteiger partial charge in [0.2, 0.25) is 0 Å². The van der Waals surface area contributed by atoms with E-state index in [9.17, 15) is 4.39 Å². The molecule has 0 radical (unpaired) electrons. The molecule has 0 saturated heterocycles. The maximum absolute atomic E-state index is 13.1. The van der Waals surface area contributed by atoms with E-state index in [4.69, 9.17) is 0 Å². The van der Waals surface area contributed by atoms with Crippen molar-refractivity contribution in [3.63, 3.8) is 0 Å². The molecule has 1 N–H and O–H groups in total. The molecule has 112 valence electrons. The minimum atomic E-state index is -0.180. The SMILES string of the molecule is CCNC(CSC1CCCC1)Cc1ccc(F)cc1Br. The number of rotatable bonds is 7. The van der Waals surface area contributed by atoms with Gasteiger partial charge < -0.3 is 5.32 Å². The Morgan fingerprint density at radius 2 is 2.15 bits per heavy atom. The third-order valence-electron chi connectivity index (χ3n) is 3.81. The van der Waals surface area contributed by atoms with Gasteiger partial charge in [0, 0.05) is 21.5 Å². The number of thioether (sulfide) groups is 1. The van der Waals surface area contributed by atoms with Gasteiger partial charge >= 0.3 is 0 Å². The lowest BCUT2D eigenvalue weighted by atomic mass is 10.1. The monoisotopic (exact) mass is 359 g/mol. The van der Waals surface area contributed by atoms with E-state index in [1.807, 2.05) is 6.07 Å². The van der Waals surface area contributed by atoms with Crippen molar-refractivity contribution in [1.29, 1.82) is 0 Å². The highest BCUT2D eigenvalue weighted by Crippen LogP contribution is 2.30. The van der Waals surface area contributed by atoms with E-state index >= 15 is 0 Å². The molecular weight excluding hydrogens is 337 g/mol. The Kier molecular flexibility index (Phi) is 6.85. The van der Waals surface area contributed by atoms with E-state index in [2.05, 4.69) is 39.9 Å². The Hall–Kier alpha value is -0.0600. The van der Waals surface area contributed by atoms with Crippen molar-refractivity contribution in [2.75, 3.05) is 12.3 Å². The highest BCUT2D eigenvalue weighted by molar-refractivity contribution is 9.10. The lowest BCUT2D eigenvalue weighted by molar-refractivity contribution is 0.569. The normalized spacial score (nSPS) is 17.6. The van der Waals surface area contributed by atoms with Gasteiger partial charge in [-0.15, -0.1) is 0 Å². The highest BCUT2D eigenvalue weighted by atomic mass is 79.9. The molecule has 1 aromatic carbocycles. The Morgan fingerprint density at radius 1 is 1.40 bits per heavy atom. The standard InChI is InChI=1S/C16H23BrFNS/c1-2-19-14(11-20-15-5-3-4-6-15)9-12-7-8-13(18)10-16(12)17/h7-8,10,14-15,19H,2-6,9,11H2,1H3. The minimum Gasteiger partial charge on any atom is -0.313 e. The lowest BCUT2D eigenvalue weighted by Gasteiger charge is -2.20. The second-order valence-electron chi connectivity index (χ2n) is 5.43. The molecular formula is C16H23BrFNS. The molecule has 1 saturated carbocycles. The van der Waals surface area contributed by atoms with Gasteiger partial charge in [-0.1, -0.05) is 41.8 Å². The van der Waals surface area contributed by atoms with Gasteiger partial charge in [0.15, 0.2) is 0 Å². The summed E-state index contributed by atoms with van der Waals surface area (Å²) in [5, 5.41) is 4.42. The molecule has 1 aromatic rings. The van der Waals surface area contributed by atoms with Crippen molar-refractivity contribution >= 4 is 27.7 Å². The van der Waals surface area contributed by atoms with Crippen LogP contribution < -0.4 is 5.32 Å². The zero-order valence-electron chi connectivity index (χ0n) is 12.0. The summed E-state index contributed by atoms with van der Waals surface area (Å²) >= 11 is 5.58. The average molecular weight is 360 g/mol. The number of nitrogens with one attached hydrogen (secondary N) is 1. The second kappa shape index (κ2) is 8.40. The van der Waals surface area contributed by atoms with Crippen molar-refractivity contribution in [1.82, 2.24) is 5.32 Å². The first-order valence-corrected chi connectivity index (χ1v) is 9.32. The highest BCUT2D eigenvalue weighted by Gasteiger charge is 2.18. The third-order valence-corrected chi connectivity index (χ3v) is 6.09. The Balaban J connectivity index is 1.90. The molecule has 0 heterocycles. The first-order valence-electron chi connectivity index (χ1n) is 7.48. The summed E-state index contributed by atoms with van der Waals surface area (Å²) in [4.78, 5) is 0. The molecule has 1 aliphatic rings. The number of halogens is 2. The molecule has 0 aromatic heterocycles.